The Kier molecular flexibility index (Phi) is 4.33. The SMILES string of the molecule is C[O+]1c2ccccc2C=C(c2ccccc2)[B-]1(c1ccccc1)c1ccccc1. The quantitative estimate of drug-likeness (QED) is 0.332. The monoisotopic (exact) mass is 374 g/mol. The first-order valence-electron chi connectivity index (χ1n) is 10.1. The van der Waals surface area contributed by atoms with Crippen LogP contribution < -0.4 is 10.9 Å². The number of hydrogen-bond donors (Lipinski definition) is 0. The zero-order valence-electron chi connectivity index (χ0n) is 16.5. The average Bonchev–Trinajstić information content (AvgIpc) is 2.81. The Morgan fingerprint density at radius 3 is 1.62 bits per heavy atom. The van der Waals surface area contributed by atoms with Gasteiger partial charge in [0.1, 0.15) is 7.11 Å². The maximum Gasteiger partial charge on any atom is 0.414 e. The van der Waals surface area contributed by atoms with Crippen LogP contribution >= 0.6 is 0 Å². The molecule has 1 aliphatic rings. The summed E-state index contributed by atoms with van der Waals surface area (Å²) >= 11 is 0. The van der Waals surface area contributed by atoms with E-state index in [0.717, 1.165) is 0 Å². The van der Waals surface area contributed by atoms with Crippen LogP contribution in [0.4, 0.5) is 0 Å². The van der Waals surface area contributed by atoms with Gasteiger partial charge in [0.2, 0.25) is 5.75 Å². The van der Waals surface area contributed by atoms with Crippen molar-refractivity contribution in [3.63, 3.8) is 0 Å². The van der Waals surface area contributed by atoms with Crippen molar-refractivity contribution in [2.75, 3.05) is 7.11 Å². The minimum absolute atomic E-state index is 1.18. The molecule has 2 heteroatoms. The predicted molar refractivity (Wildman–Crippen MR) is 125 cm³/mol. The molecule has 0 saturated heterocycles. The zero-order valence-corrected chi connectivity index (χ0v) is 16.5. The van der Waals surface area contributed by atoms with Crippen molar-refractivity contribution in [2.45, 2.75) is 0 Å². The lowest BCUT2D eigenvalue weighted by Crippen LogP contribution is -2.65. The first-order valence-corrected chi connectivity index (χ1v) is 10.1. The number of fused-ring (bicyclic) bond motifs is 1. The highest BCUT2D eigenvalue weighted by molar-refractivity contribution is 7.12. The summed E-state index contributed by atoms with van der Waals surface area (Å²) in [5, 5.41) is 0. The molecular formula is C27H23BO. The van der Waals surface area contributed by atoms with Crippen molar-refractivity contribution in [2.24, 2.45) is 0 Å². The third-order valence-corrected chi connectivity index (χ3v) is 6.19. The van der Waals surface area contributed by atoms with Gasteiger partial charge in [0.15, 0.2) is 0 Å². The molecule has 0 radical (unpaired) electrons. The van der Waals surface area contributed by atoms with Crippen LogP contribution in [0, 0.1) is 0 Å². The Balaban J connectivity index is 1.91. The van der Waals surface area contributed by atoms with E-state index in [9.17, 15) is 0 Å². The number of para-hydroxylation sites is 1. The van der Waals surface area contributed by atoms with Crippen molar-refractivity contribution in [3.05, 3.63) is 126 Å². The van der Waals surface area contributed by atoms with Crippen LogP contribution in [0.2, 0.25) is 0 Å². The third kappa shape index (κ3) is 2.72. The Morgan fingerprint density at radius 1 is 0.552 bits per heavy atom. The van der Waals surface area contributed by atoms with E-state index in [1.54, 1.807) is 0 Å². The zero-order chi connectivity index (χ0) is 19.7. The summed E-state index contributed by atoms with van der Waals surface area (Å²) in [5.41, 5.74) is 6.36. The van der Waals surface area contributed by atoms with Crippen molar-refractivity contribution in [1.29, 1.82) is 0 Å². The largest absolute Gasteiger partial charge is 0.810 e. The van der Waals surface area contributed by atoms with E-state index in [0.29, 0.717) is 0 Å². The van der Waals surface area contributed by atoms with Crippen LogP contribution in [-0.4, -0.2) is 13.5 Å². The molecule has 140 valence electrons. The molecule has 1 heterocycles. The van der Waals surface area contributed by atoms with Gasteiger partial charge in [0.05, 0.1) is 5.56 Å². The molecule has 1 nitrogen and oxygen atoms in total. The van der Waals surface area contributed by atoms with Crippen molar-refractivity contribution >= 4 is 28.8 Å². The number of benzene rings is 4. The summed E-state index contributed by atoms with van der Waals surface area (Å²) in [6.45, 7) is 0. The van der Waals surface area contributed by atoms with Gasteiger partial charge in [-0.1, -0.05) is 120 Å². The van der Waals surface area contributed by atoms with Crippen molar-refractivity contribution < 1.29 is 4.28 Å². The lowest BCUT2D eigenvalue weighted by atomic mass is 9.26. The Hall–Kier alpha value is -3.52. The van der Waals surface area contributed by atoms with E-state index in [1.807, 2.05) is 0 Å². The van der Waals surface area contributed by atoms with Crippen molar-refractivity contribution in [3.8, 4) is 5.75 Å². The van der Waals surface area contributed by atoms with Gasteiger partial charge in [0.25, 0.3) is 0 Å². The molecule has 0 amide bonds. The van der Waals surface area contributed by atoms with E-state index in [-0.39, 0.29) is 0 Å². The molecule has 0 atom stereocenters. The molecule has 0 aromatic heterocycles. The minimum atomic E-state index is -1.42. The lowest BCUT2D eigenvalue weighted by Gasteiger charge is -2.54. The highest BCUT2D eigenvalue weighted by atomic mass is 16.6. The summed E-state index contributed by atoms with van der Waals surface area (Å²) in [4.78, 5) is 0. The molecule has 4 aromatic rings. The van der Waals surface area contributed by atoms with Gasteiger partial charge in [-0.15, -0.1) is 10.9 Å². The molecule has 0 fully saturated rings. The number of rotatable bonds is 3. The van der Waals surface area contributed by atoms with Gasteiger partial charge in [0, 0.05) is 6.07 Å². The van der Waals surface area contributed by atoms with Crippen LogP contribution in [0.5, 0.6) is 5.75 Å². The van der Waals surface area contributed by atoms with Crippen molar-refractivity contribution in [1.82, 2.24) is 0 Å². The van der Waals surface area contributed by atoms with E-state index in [2.05, 4.69) is 133 Å². The molecule has 0 aliphatic carbocycles. The topological polar surface area (TPSA) is 2.70 Å². The fraction of sp³-hybridized carbons (Fsp3) is 0.0370. The molecule has 0 spiro atoms. The number of hydrogen-bond acceptors (Lipinski definition) is 0. The summed E-state index contributed by atoms with van der Waals surface area (Å²) in [6, 6.07) is 41.1. The molecule has 1 aliphatic heterocycles. The van der Waals surface area contributed by atoms with E-state index < -0.39 is 6.35 Å². The fourth-order valence-electron chi connectivity index (χ4n) is 4.92. The van der Waals surface area contributed by atoms with Gasteiger partial charge >= 0.3 is 6.35 Å². The molecular weight excluding hydrogens is 351 g/mol. The third-order valence-electron chi connectivity index (χ3n) is 6.19. The Labute approximate surface area is 172 Å². The fourth-order valence-corrected chi connectivity index (χ4v) is 4.92. The normalized spacial score (nSPS) is 14.8. The van der Waals surface area contributed by atoms with E-state index in [1.165, 1.54) is 33.3 Å². The van der Waals surface area contributed by atoms with Gasteiger partial charge in [-0.3, -0.25) is 0 Å². The first-order chi connectivity index (χ1) is 14.3. The Bertz CT molecular complexity index is 1110. The second-order valence-corrected chi connectivity index (χ2v) is 7.67. The average molecular weight is 374 g/mol. The smallest absolute Gasteiger partial charge is 0.414 e. The minimum Gasteiger partial charge on any atom is -0.810 e. The van der Waals surface area contributed by atoms with Gasteiger partial charge in [-0.25, -0.2) is 0 Å². The second kappa shape index (κ2) is 7.14. The van der Waals surface area contributed by atoms with Gasteiger partial charge < -0.3 is 4.28 Å². The molecule has 0 N–H and O–H groups in total. The van der Waals surface area contributed by atoms with E-state index in [4.69, 9.17) is 0 Å². The highest BCUT2D eigenvalue weighted by Gasteiger charge is 2.49. The first kappa shape index (κ1) is 17.6. The molecule has 5 rings (SSSR count). The molecule has 29 heavy (non-hydrogen) atoms. The van der Waals surface area contributed by atoms with Gasteiger partial charge in [-0.05, 0) is 6.07 Å². The summed E-state index contributed by atoms with van der Waals surface area (Å²) in [7, 11) is 2.16. The summed E-state index contributed by atoms with van der Waals surface area (Å²) in [5.74, 6) is 1.18. The van der Waals surface area contributed by atoms with Crippen LogP contribution in [0.1, 0.15) is 11.1 Å². The van der Waals surface area contributed by atoms with Crippen LogP contribution in [0.15, 0.2) is 115 Å². The standard InChI is InChI=1S/C27H23BO/c1-29-27-20-12-11-15-23(27)21-26(22-13-5-2-6-14-22)28(29,24-16-7-3-8-17-24)25-18-9-4-10-19-25/h2-21H,1H3. The molecule has 0 bridgehead atoms. The maximum atomic E-state index is 3.57. The second-order valence-electron chi connectivity index (χ2n) is 7.67. The summed E-state index contributed by atoms with van der Waals surface area (Å²) < 4.78 is 3.57. The van der Waals surface area contributed by atoms with Crippen LogP contribution in [0.25, 0.3) is 11.5 Å². The highest BCUT2D eigenvalue weighted by Crippen LogP contribution is 2.45. The van der Waals surface area contributed by atoms with Gasteiger partial charge in [-0.2, -0.15) is 0 Å². The van der Waals surface area contributed by atoms with E-state index >= 15 is 0 Å². The predicted octanol–water partition coefficient (Wildman–Crippen LogP) is 5.44. The summed E-state index contributed by atoms with van der Waals surface area (Å²) in [6.07, 6.45) is 0.950. The maximum absolute atomic E-state index is 3.57. The lowest BCUT2D eigenvalue weighted by molar-refractivity contribution is 0.174. The molecule has 0 saturated carbocycles. The molecule has 4 aromatic carbocycles. The Morgan fingerprint density at radius 2 is 1.03 bits per heavy atom. The van der Waals surface area contributed by atoms with Crippen LogP contribution in [0.3, 0.4) is 0 Å². The molecule has 0 unspecified atom stereocenters. The van der Waals surface area contributed by atoms with Crippen LogP contribution in [-0.2, 0) is 4.28 Å².